The van der Waals surface area contributed by atoms with Gasteiger partial charge in [-0.25, -0.2) is 0 Å². The molecule has 0 aromatic carbocycles. The fourth-order valence-corrected chi connectivity index (χ4v) is 3.10. The summed E-state index contributed by atoms with van der Waals surface area (Å²) < 4.78 is 4.90. The molecule has 0 bridgehead atoms. The minimum atomic E-state index is -0.344. The van der Waals surface area contributed by atoms with Crippen molar-refractivity contribution in [3.63, 3.8) is 0 Å². The smallest absolute Gasteiger partial charge is 0.238 e. The summed E-state index contributed by atoms with van der Waals surface area (Å²) in [6, 6.07) is 1.87. The number of piperidine rings is 1. The molecule has 0 spiro atoms. The molecule has 0 radical (unpaired) electrons. The van der Waals surface area contributed by atoms with Gasteiger partial charge in [0.15, 0.2) is 5.82 Å². The van der Waals surface area contributed by atoms with Crippen LogP contribution in [0.2, 0.25) is 0 Å². The first-order valence-electron chi connectivity index (χ1n) is 7.81. The molecule has 128 valence electrons. The van der Waals surface area contributed by atoms with Crippen LogP contribution in [0.3, 0.4) is 0 Å². The van der Waals surface area contributed by atoms with Crippen LogP contribution in [0.25, 0.3) is 0 Å². The Morgan fingerprint density at radius 2 is 2.35 bits per heavy atom. The van der Waals surface area contributed by atoms with Gasteiger partial charge in [-0.3, -0.25) is 9.59 Å². The van der Waals surface area contributed by atoms with Crippen LogP contribution >= 0.6 is 11.8 Å². The van der Waals surface area contributed by atoms with E-state index in [1.165, 1.54) is 11.8 Å². The molecule has 1 aromatic rings. The van der Waals surface area contributed by atoms with Crippen molar-refractivity contribution in [1.82, 2.24) is 15.8 Å². The van der Waals surface area contributed by atoms with Crippen molar-refractivity contribution < 1.29 is 14.1 Å². The van der Waals surface area contributed by atoms with Crippen LogP contribution in [0.15, 0.2) is 10.6 Å². The van der Waals surface area contributed by atoms with Crippen molar-refractivity contribution in [2.24, 2.45) is 5.92 Å². The standard InChI is InChI=1S/C15H24N4O3S/c1-9-7-16-5-4-12(9)17-14(20)8-23-11(3)15(21)18-13-6-10(2)22-19-13/h6,9,11-12,16H,4-5,7-8H2,1-3H3,(H,17,20)(H,18,19,21). The van der Waals surface area contributed by atoms with Gasteiger partial charge >= 0.3 is 0 Å². The highest BCUT2D eigenvalue weighted by Gasteiger charge is 2.23. The normalized spacial score (nSPS) is 22.4. The van der Waals surface area contributed by atoms with Crippen LogP contribution in [0, 0.1) is 12.8 Å². The van der Waals surface area contributed by atoms with E-state index in [-0.39, 0.29) is 28.9 Å². The number of rotatable bonds is 6. The number of carbonyl (C=O) groups excluding carboxylic acids is 2. The summed E-state index contributed by atoms with van der Waals surface area (Å²) in [6.45, 7) is 7.51. The minimum absolute atomic E-state index is 0.0225. The molecular formula is C15H24N4O3S. The molecule has 3 unspecified atom stereocenters. The molecule has 3 atom stereocenters. The maximum atomic E-state index is 12.0. The number of nitrogens with zero attached hydrogens (tertiary/aromatic N) is 1. The van der Waals surface area contributed by atoms with Crippen molar-refractivity contribution in [3.8, 4) is 0 Å². The molecular weight excluding hydrogens is 316 g/mol. The molecule has 8 heteroatoms. The van der Waals surface area contributed by atoms with Crippen LogP contribution in [-0.4, -0.2) is 47.1 Å². The maximum Gasteiger partial charge on any atom is 0.238 e. The third kappa shape index (κ3) is 5.54. The number of hydrogen-bond acceptors (Lipinski definition) is 6. The minimum Gasteiger partial charge on any atom is -0.360 e. The number of carbonyl (C=O) groups is 2. The van der Waals surface area contributed by atoms with Gasteiger partial charge in [0.2, 0.25) is 11.8 Å². The Bertz CT molecular complexity index is 549. The molecule has 3 N–H and O–H groups in total. The van der Waals surface area contributed by atoms with E-state index < -0.39 is 0 Å². The van der Waals surface area contributed by atoms with Gasteiger partial charge in [-0.15, -0.1) is 11.8 Å². The summed E-state index contributed by atoms with van der Waals surface area (Å²) >= 11 is 1.31. The van der Waals surface area contributed by atoms with Gasteiger partial charge in [0, 0.05) is 12.1 Å². The van der Waals surface area contributed by atoms with Crippen LogP contribution in [0.4, 0.5) is 5.82 Å². The molecule has 23 heavy (non-hydrogen) atoms. The fourth-order valence-electron chi connectivity index (χ4n) is 2.41. The monoisotopic (exact) mass is 340 g/mol. The van der Waals surface area contributed by atoms with Gasteiger partial charge in [0.25, 0.3) is 0 Å². The predicted molar refractivity (Wildman–Crippen MR) is 90.4 cm³/mol. The van der Waals surface area contributed by atoms with Gasteiger partial charge in [-0.1, -0.05) is 12.1 Å². The topological polar surface area (TPSA) is 96.3 Å². The fraction of sp³-hybridized carbons (Fsp3) is 0.667. The molecule has 2 amide bonds. The Hall–Kier alpha value is -1.54. The zero-order chi connectivity index (χ0) is 16.8. The number of amides is 2. The lowest BCUT2D eigenvalue weighted by atomic mass is 9.95. The first-order valence-corrected chi connectivity index (χ1v) is 8.86. The van der Waals surface area contributed by atoms with Crippen LogP contribution < -0.4 is 16.0 Å². The third-order valence-corrected chi connectivity index (χ3v) is 4.99. The number of nitrogens with one attached hydrogen (secondary N) is 3. The lowest BCUT2D eigenvalue weighted by Crippen LogP contribution is -2.49. The lowest BCUT2D eigenvalue weighted by molar-refractivity contribution is -0.119. The maximum absolute atomic E-state index is 12.0. The van der Waals surface area contributed by atoms with Crippen LogP contribution in [0.5, 0.6) is 0 Å². The van der Waals surface area contributed by atoms with Crippen molar-refractivity contribution in [3.05, 3.63) is 11.8 Å². The highest BCUT2D eigenvalue weighted by atomic mass is 32.2. The van der Waals surface area contributed by atoms with Crippen molar-refractivity contribution in [2.45, 2.75) is 38.5 Å². The van der Waals surface area contributed by atoms with E-state index >= 15 is 0 Å². The Kier molecular flexibility index (Phi) is 6.47. The summed E-state index contributed by atoms with van der Waals surface area (Å²) in [5.41, 5.74) is 0. The van der Waals surface area contributed by atoms with Gasteiger partial charge in [-0.05, 0) is 39.3 Å². The highest BCUT2D eigenvalue weighted by molar-refractivity contribution is 8.01. The first-order chi connectivity index (χ1) is 11.0. The Morgan fingerprint density at radius 1 is 1.57 bits per heavy atom. The van der Waals surface area contributed by atoms with E-state index in [2.05, 4.69) is 28.0 Å². The average molecular weight is 340 g/mol. The van der Waals surface area contributed by atoms with Gasteiger partial charge in [-0.2, -0.15) is 0 Å². The number of aromatic nitrogens is 1. The summed E-state index contributed by atoms with van der Waals surface area (Å²) in [5.74, 6) is 1.51. The first kappa shape index (κ1) is 17.8. The molecule has 1 fully saturated rings. The van der Waals surface area contributed by atoms with E-state index in [1.54, 1.807) is 19.9 Å². The number of anilines is 1. The van der Waals surface area contributed by atoms with E-state index in [0.717, 1.165) is 19.5 Å². The predicted octanol–water partition coefficient (Wildman–Crippen LogP) is 1.16. The highest BCUT2D eigenvalue weighted by Crippen LogP contribution is 2.15. The van der Waals surface area contributed by atoms with E-state index in [9.17, 15) is 9.59 Å². The summed E-state index contributed by atoms with van der Waals surface area (Å²) in [5, 5.41) is 12.4. The summed E-state index contributed by atoms with van der Waals surface area (Å²) in [4.78, 5) is 24.1. The van der Waals surface area contributed by atoms with Crippen molar-refractivity contribution in [1.29, 1.82) is 0 Å². The SMILES string of the molecule is Cc1cc(NC(=O)C(C)SCC(=O)NC2CCNCC2C)no1. The molecule has 1 aliphatic heterocycles. The van der Waals surface area contributed by atoms with Crippen molar-refractivity contribution in [2.75, 3.05) is 24.2 Å². The van der Waals surface area contributed by atoms with Gasteiger partial charge < -0.3 is 20.5 Å². The lowest BCUT2D eigenvalue weighted by Gasteiger charge is -2.30. The molecule has 2 rings (SSSR count). The number of aryl methyl sites for hydroxylation is 1. The quantitative estimate of drug-likeness (QED) is 0.719. The molecule has 2 heterocycles. The second kappa shape index (κ2) is 8.35. The van der Waals surface area contributed by atoms with Gasteiger partial charge in [0.1, 0.15) is 5.76 Å². The van der Waals surface area contributed by atoms with Crippen molar-refractivity contribution >= 4 is 29.4 Å². The van der Waals surface area contributed by atoms with E-state index in [0.29, 0.717) is 17.5 Å². The third-order valence-electron chi connectivity index (χ3n) is 3.84. The Labute approximate surface area is 140 Å². The molecule has 1 aromatic heterocycles. The van der Waals surface area contributed by atoms with Crippen LogP contribution in [0.1, 0.15) is 26.0 Å². The Morgan fingerprint density at radius 3 is 3.00 bits per heavy atom. The van der Waals surface area contributed by atoms with Crippen LogP contribution in [-0.2, 0) is 9.59 Å². The summed E-state index contributed by atoms with van der Waals surface area (Å²) in [7, 11) is 0. The Balaban J connectivity index is 1.71. The molecule has 1 aliphatic rings. The molecule has 7 nitrogen and oxygen atoms in total. The zero-order valence-corrected chi connectivity index (χ0v) is 14.5. The largest absolute Gasteiger partial charge is 0.360 e. The average Bonchev–Trinajstić information content (AvgIpc) is 2.92. The number of hydrogen-bond donors (Lipinski definition) is 3. The number of thioether (sulfide) groups is 1. The summed E-state index contributed by atoms with van der Waals surface area (Å²) in [6.07, 6.45) is 0.944. The van der Waals surface area contributed by atoms with E-state index in [4.69, 9.17) is 4.52 Å². The van der Waals surface area contributed by atoms with Gasteiger partial charge in [0.05, 0.1) is 11.0 Å². The molecule has 0 aliphatic carbocycles. The zero-order valence-electron chi connectivity index (χ0n) is 13.7. The van der Waals surface area contributed by atoms with E-state index in [1.807, 2.05) is 0 Å². The molecule has 1 saturated heterocycles. The molecule has 0 saturated carbocycles. The second-order valence-electron chi connectivity index (χ2n) is 5.91. The second-order valence-corrected chi connectivity index (χ2v) is 7.24.